The molecule has 374 valence electrons. The van der Waals surface area contributed by atoms with Crippen LogP contribution in [0.5, 0.6) is 0 Å². The Morgan fingerprint density at radius 1 is 0.681 bits per heavy atom. The molecule has 2 aromatic heterocycles. The van der Waals surface area contributed by atoms with E-state index in [1.807, 2.05) is 48.5 Å². The number of aromatic nitrogens is 2. The van der Waals surface area contributed by atoms with E-state index in [4.69, 9.17) is 0 Å². The Labute approximate surface area is 420 Å². The second-order valence-corrected chi connectivity index (χ2v) is 20.3. The SMILES string of the molecule is CC(C)(C)c1ccc(N(C(=O)[C@H]2CCC=[N+]2C#N)C(C(=O)N2CCNC(=O)C2)c2cccnc2)cc1.CC(C)(C)c1ccc(N(C(=O)[C@H]2CCCN2C#N)C(C(=O)N2CCNC(=O)C2)c2cccnc2)cc1. The number of nitriles is 2. The zero-order valence-electron chi connectivity index (χ0n) is 41.8. The van der Waals surface area contributed by atoms with Gasteiger partial charge in [-0.25, -0.2) is 0 Å². The van der Waals surface area contributed by atoms with Crippen molar-refractivity contribution in [2.45, 2.75) is 102 Å². The van der Waals surface area contributed by atoms with Crippen LogP contribution in [0, 0.1) is 22.9 Å². The number of anilines is 2. The fraction of sp³-hybridized carbons (Fsp3) is 0.426. The molecule has 2 N–H and O–H groups in total. The van der Waals surface area contributed by atoms with Crippen LogP contribution >= 0.6 is 0 Å². The first kappa shape index (κ1) is 51.8. The Kier molecular flexibility index (Phi) is 16.1. The van der Waals surface area contributed by atoms with Gasteiger partial charge in [0, 0.05) is 92.9 Å². The number of likely N-dealkylation sites (tertiary alicyclic amines) is 1. The van der Waals surface area contributed by atoms with E-state index in [2.05, 4.69) is 74.5 Å². The fourth-order valence-electron chi connectivity index (χ4n) is 9.39. The number of hydrogen-bond acceptors (Lipinski definition) is 11. The van der Waals surface area contributed by atoms with Gasteiger partial charge in [-0.1, -0.05) is 77.9 Å². The van der Waals surface area contributed by atoms with Crippen molar-refractivity contribution in [3.8, 4) is 12.4 Å². The summed E-state index contributed by atoms with van der Waals surface area (Å²) in [6.07, 6.45) is 14.6. The number of rotatable bonds is 10. The molecule has 4 aliphatic rings. The Hall–Kier alpha value is -7.99. The van der Waals surface area contributed by atoms with Crippen molar-refractivity contribution in [1.29, 1.82) is 10.5 Å². The van der Waals surface area contributed by atoms with E-state index in [1.54, 1.807) is 55.3 Å². The number of piperazine rings is 2. The summed E-state index contributed by atoms with van der Waals surface area (Å²) in [6.45, 7) is 14.4. The van der Waals surface area contributed by atoms with Crippen LogP contribution in [-0.4, -0.2) is 129 Å². The molecule has 6 heterocycles. The third-order valence-electron chi connectivity index (χ3n) is 13.4. The molecule has 18 nitrogen and oxygen atoms in total. The topological polar surface area (TPSA) is 219 Å². The zero-order valence-corrected chi connectivity index (χ0v) is 41.8. The first-order valence-corrected chi connectivity index (χ1v) is 24.4. The second-order valence-electron chi connectivity index (χ2n) is 20.3. The Bertz CT molecular complexity index is 2740. The standard InChI is InChI=1S/C27H32N6O3.C27H30N6O3/c2*1-27(2,3)20-8-10-21(11-9-20)33(25(35)22-7-5-14-32(22)18-28)24(19-6-4-12-29-16-19)26(36)31-15-13-30-23(34)17-31/h4,6,8-12,16,22,24H,5,7,13-15,17H2,1-3H3,(H,30,34);4,6,8-12,14,16,22,24H,5,7,13,15,17H2,1-3H3/p+1/t2*22-,24?/m11/s1. The van der Waals surface area contributed by atoms with Crippen LogP contribution in [-0.2, 0) is 39.6 Å². The van der Waals surface area contributed by atoms with Crippen LogP contribution in [0.15, 0.2) is 97.6 Å². The van der Waals surface area contributed by atoms with Gasteiger partial charge in [0.1, 0.15) is 18.1 Å². The number of benzene rings is 2. The first-order valence-electron chi connectivity index (χ1n) is 24.4. The summed E-state index contributed by atoms with van der Waals surface area (Å²) >= 11 is 0. The molecule has 0 saturated carbocycles. The molecule has 0 spiro atoms. The molecule has 18 heteroatoms. The minimum atomic E-state index is -1.04. The van der Waals surface area contributed by atoms with Gasteiger partial charge < -0.3 is 20.4 Å². The smallest absolute Gasteiger partial charge is 0.353 e. The molecule has 4 aromatic rings. The van der Waals surface area contributed by atoms with Gasteiger partial charge in [0.25, 0.3) is 23.6 Å². The van der Waals surface area contributed by atoms with Crippen LogP contribution < -0.4 is 20.4 Å². The first-order chi connectivity index (χ1) is 34.4. The fourth-order valence-corrected chi connectivity index (χ4v) is 9.39. The van der Waals surface area contributed by atoms with Crippen molar-refractivity contribution in [3.05, 3.63) is 120 Å². The average Bonchev–Trinajstić information content (AvgIpc) is 4.07. The van der Waals surface area contributed by atoms with Gasteiger partial charge in [0.15, 0.2) is 17.5 Å². The third-order valence-corrected chi connectivity index (χ3v) is 13.4. The van der Waals surface area contributed by atoms with E-state index >= 15 is 0 Å². The maximum atomic E-state index is 14.1. The lowest BCUT2D eigenvalue weighted by molar-refractivity contribution is -0.454. The van der Waals surface area contributed by atoms with Crippen LogP contribution in [0.1, 0.15) is 102 Å². The molecular formula is C54H63N12O6+. The van der Waals surface area contributed by atoms with Gasteiger partial charge in [-0.15, -0.1) is 0 Å². The largest absolute Gasteiger partial charge is 0.459 e. The van der Waals surface area contributed by atoms with E-state index in [9.17, 15) is 39.3 Å². The summed E-state index contributed by atoms with van der Waals surface area (Å²) in [5.74, 6) is -1.87. The summed E-state index contributed by atoms with van der Waals surface area (Å²) in [4.78, 5) is 96.2. The van der Waals surface area contributed by atoms with Gasteiger partial charge >= 0.3 is 6.19 Å². The molecule has 6 amide bonds. The second kappa shape index (κ2) is 22.4. The van der Waals surface area contributed by atoms with Gasteiger partial charge in [-0.2, -0.15) is 9.84 Å². The van der Waals surface area contributed by atoms with E-state index < -0.39 is 24.2 Å². The summed E-state index contributed by atoms with van der Waals surface area (Å²) in [5.41, 5.74) is 4.18. The van der Waals surface area contributed by atoms with Crippen molar-refractivity contribution in [2.24, 2.45) is 0 Å². The highest BCUT2D eigenvalue weighted by atomic mass is 16.2. The lowest BCUT2D eigenvalue weighted by Crippen LogP contribution is -2.55. The van der Waals surface area contributed by atoms with Crippen molar-refractivity contribution >= 4 is 53.0 Å². The molecule has 3 saturated heterocycles. The normalized spacial score (nSPS) is 18.7. The predicted molar refractivity (Wildman–Crippen MR) is 269 cm³/mol. The highest BCUT2D eigenvalue weighted by Crippen LogP contribution is 2.36. The van der Waals surface area contributed by atoms with Crippen LogP contribution in [0.25, 0.3) is 0 Å². The van der Waals surface area contributed by atoms with E-state index in [-0.39, 0.29) is 59.4 Å². The maximum absolute atomic E-state index is 14.1. The molecule has 4 aliphatic heterocycles. The molecule has 8 rings (SSSR count). The zero-order chi connectivity index (χ0) is 51.7. The van der Waals surface area contributed by atoms with Crippen LogP contribution in [0.3, 0.4) is 0 Å². The number of carbonyl (C=O) groups excluding carboxylic acids is 6. The van der Waals surface area contributed by atoms with E-state index in [0.717, 1.165) is 17.5 Å². The number of nitrogens with one attached hydrogen (secondary N) is 2. The molecule has 2 unspecified atom stereocenters. The number of carbonyl (C=O) groups is 6. The van der Waals surface area contributed by atoms with Crippen molar-refractivity contribution in [2.75, 3.05) is 55.6 Å². The number of hydrogen-bond donors (Lipinski definition) is 2. The molecule has 3 fully saturated rings. The number of nitrogens with zero attached hydrogens (tertiary/aromatic N) is 10. The van der Waals surface area contributed by atoms with Gasteiger partial charge in [-0.05, 0) is 71.2 Å². The Balaban J connectivity index is 0.000000211. The molecule has 4 atom stereocenters. The molecule has 0 bridgehead atoms. The molecule has 72 heavy (non-hydrogen) atoms. The molecular weight excluding hydrogens is 913 g/mol. The van der Waals surface area contributed by atoms with E-state index in [0.29, 0.717) is 74.5 Å². The summed E-state index contributed by atoms with van der Waals surface area (Å²) in [7, 11) is 0. The van der Waals surface area contributed by atoms with Crippen molar-refractivity contribution in [3.63, 3.8) is 0 Å². The summed E-state index contributed by atoms with van der Waals surface area (Å²) < 4.78 is 1.36. The highest BCUT2D eigenvalue weighted by molar-refractivity contribution is 6.05. The molecule has 2 aromatic carbocycles. The van der Waals surface area contributed by atoms with Crippen molar-refractivity contribution in [1.82, 2.24) is 35.3 Å². The highest BCUT2D eigenvalue weighted by Gasteiger charge is 2.44. The number of amides is 6. The third kappa shape index (κ3) is 11.8. The minimum absolute atomic E-state index is 0.0751. The predicted octanol–water partition coefficient (Wildman–Crippen LogP) is 4.50. The summed E-state index contributed by atoms with van der Waals surface area (Å²) in [5, 5.41) is 24.7. The van der Waals surface area contributed by atoms with Crippen molar-refractivity contribution < 1.29 is 33.3 Å². The minimum Gasteiger partial charge on any atom is -0.353 e. The molecule has 0 aliphatic carbocycles. The van der Waals surface area contributed by atoms with Gasteiger partial charge in [0.2, 0.25) is 11.8 Å². The Morgan fingerprint density at radius 2 is 1.15 bits per heavy atom. The van der Waals surface area contributed by atoms with Gasteiger partial charge in [0.05, 0.1) is 19.3 Å². The van der Waals surface area contributed by atoms with Crippen LogP contribution in [0.2, 0.25) is 0 Å². The Morgan fingerprint density at radius 3 is 1.56 bits per heavy atom. The average molecular weight is 976 g/mol. The number of pyridine rings is 2. The van der Waals surface area contributed by atoms with Gasteiger partial charge in [-0.3, -0.25) is 53.4 Å². The lowest BCUT2D eigenvalue weighted by atomic mass is 9.87. The maximum Gasteiger partial charge on any atom is 0.459 e. The lowest BCUT2D eigenvalue weighted by Gasteiger charge is -2.38. The quantitative estimate of drug-likeness (QED) is 0.167. The van der Waals surface area contributed by atoms with E-state index in [1.165, 1.54) is 29.1 Å². The summed E-state index contributed by atoms with van der Waals surface area (Å²) in [6, 6.07) is 18.7. The van der Waals surface area contributed by atoms with Crippen LogP contribution in [0.4, 0.5) is 11.4 Å². The molecule has 0 radical (unpaired) electrons. The monoisotopic (exact) mass is 975 g/mol.